The summed E-state index contributed by atoms with van der Waals surface area (Å²) in [5.41, 5.74) is 1.05. The molecule has 0 unspecified atom stereocenters. The molecule has 1 aromatic heterocycles. The van der Waals surface area contributed by atoms with Crippen molar-refractivity contribution in [3.8, 4) is 23.8 Å². The minimum atomic E-state index is -0.235. The van der Waals surface area contributed by atoms with Crippen molar-refractivity contribution in [2.24, 2.45) is 5.10 Å². The van der Waals surface area contributed by atoms with Crippen LogP contribution in [0.25, 0.3) is 10.9 Å². The Balaban J connectivity index is 2.07. The summed E-state index contributed by atoms with van der Waals surface area (Å²) in [6.45, 7) is 2.15. The van der Waals surface area contributed by atoms with Crippen LogP contribution in [0.3, 0.4) is 0 Å². The van der Waals surface area contributed by atoms with E-state index in [1.807, 2.05) is 12.1 Å². The number of rotatable bonds is 8. The van der Waals surface area contributed by atoms with Crippen molar-refractivity contribution in [1.29, 1.82) is 0 Å². The van der Waals surface area contributed by atoms with Gasteiger partial charge in [-0.1, -0.05) is 46.8 Å². The van der Waals surface area contributed by atoms with Gasteiger partial charge < -0.3 is 9.47 Å². The molecule has 0 aliphatic heterocycles. The molecule has 3 rings (SSSR count). The predicted octanol–water partition coefficient (Wildman–Crippen LogP) is 5.06. The van der Waals surface area contributed by atoms with Crippen LogP contribution in [-0.4, -0.2) is 29.6 Å². The van der Waals surface area contributed by atoms with E-state index in [0.29, 0.717) is 45.2 Å². The lowest BCUT2D eigenvalue weighted by atomic mass is 10.2. The molecule has 0 radical (unpaired) electrons. The minimum Gasteiger partial charge on any atom is -0.493 e. The molecule has 0 bridgehead atoms. The lowest BCUT2D eigenvalue weighted by Crippen LogP contribution is -2.22. The number of hydrogen-bond donors (Lipinski definition) is 0. The van der Waals surface area contributed by atoms with Gasteiger partial charge in [-0.3, -0.25) is 4.79 Å². The Labute approximate surface area is 194 Å². The van der Waals surface area contributed by atoms with Crippen LogP contribution < -0.4 is 15.0 Å². The number of ether oxygens (including phenoxy) is 2. The van der Waals surface area contributed by atoms with E-state index in [-0.39, 0.29) is 12.2 Å². The van der Waals surface area contributed by atoms with Gasteiger partial charge in [-0.05, 0) is 42.3 Å². The second kappa shape index (κ2) is 10.5. The van der Waals surface area contributed by atoms with Crippen molar-refractivity contribution >= 4 is 44.6 Å². The normalized spacial score (nSPS) is 11.1. The largest absolute Gasteiger partial charge is 0.493 e. The van der Waals surface area contributed by atoms with Crippen LogP contribution in [-0.2, 0) is 6.42 Å². The number of hydrogen-bond acceptors (Lipinski definition) is 5. The molecule has 8 heteroatoms. The standard InChI is InChI=1S/C23H21BrClN3O3/c1-4-6-7-21-27-19-9-8-16(24)13-17(19)23(29)28(21)26-14-15-11-18(25)22(31-10-5-2)20(12-15)30-3/h2,8-9,11-14H,4,6-7,10H2,1,3H3. The average molecular weight is 503 g/mol. The molecule has 0 amide bonds. The van der Waals surface area contributed by atoms with Gasteiger partial charge in [0.1, 0.15) is 12.4 Å². The molecule has 1 heterocycles. The average Bonchev–Trinajstić information content (AvgIpc) is 2.76. The Morgan fingerprint density at radius 2 is 2.16 bits per heavy atom. The van der Waals surface area contributed by atoms with Crippen LogP contribution in [0, 0.1) is 12.3 Å². The fourth-order valence-electron chi connectivity index (χ4n) is 3.00. The molecule has 0 fully saturated rings. The molecule has 3 aromatic rings. The molecule has 0 spiro atoms. The van der Waals surface area contributed by atoms with Crippen molar-refractivity contribution in [1.82, 2.24) is 9.66 Å². The van der Waals surface area contributed by atoms with Crippen molar-refractivity contribution in [2.75, 3.05) is 13.7 Å². The summed E-state index contributed by atoms with van der Waals surface area (Å²) in [5.74, 6) is 3.77. The molecule has 0 aliphatic carbocycles. The molecular formula is C23H21BrClN3O3. The van der Waals surface area contributed by atoms with Crippen LogP contribution in [0.2, 0.25) is 5.02 Å². The van der Waals surface area contributed by atoms with Gasteiger partial charge in [0.05, 0.1) is 29.2 Å². The monoisotopic (exact) mass is 501 g/mol. The second-order valence-corrected chi connectivity index (χ2v) is 8.00. The Morgan fingerprint density at radius 3 is 2.87 bits per heavy atom. The van der Waals surface area contributed by atoms with E-state index in [4.69, 9.17) is 27.5 Å². The molecular weight excluding hydrogens is 482 g/mol. The highest BCUT2D eigenvalue weighted by atomic mass is 79.9. The number of halogens is 2. The zero-order valence-corrected chi connectivity index (χ0v) is 19.5. The molecule has 31 heavy (non-hydrogen) atoms. The van der Waals surface area contributed by atoms with Gasteiger partial charge in [0, 0.05) is 10.9 Å². The van der Waals surface area contributed by atoms with E-state index in [9.17, 15) is 4.79 Å². The van der Waals surface area contributed by atoms with Gasteiger partial charge in [-0.15, -0.1) is 6.42 Å². The molecule has 0 saturated carbocycles. The minimum absolute atomic E-state index is 0.0675. The van der Waals surface area contributed by atoms with Gasteiger partial charge in [0.25, 0.3) is 5.56 Å². The van der Waals surface area contributed by atoms with E-state index in [1.165, 1.54) is 11.8 Å². The molecule has 0 N–H and O–H groups in total. The fraction of sp³-hybridized carbons (Fsp3) is 0.261. The lowest BCUT2D eigenvalue weighted by molar-refractivity contribution is 0.331. The van der Waals surface area contributed by atoms with Gasteiger partial charge in [0.15, 0.2) is 11.5 Å². The highest BCUT2D eigenvalue weighted by molar-refractivity contribution is 9.10. The third-order valence-corrected chi connectivity index (χ3v) is 5.28. The van der Waals surface area contributed by atoms with Crippen LogP contribution in [0.1, 0.15) is 31.2 Å². The third kappa shape index (κ3) is 5.27. The molecule has 2 aromatic carbocycles. The highest BCUT2D eigenvalue weighted by Gasteiger charge is 2.13. The van der Waals surface area contributed by atoms with E-state index < -0.39 is 0 Å². The maximum absolute atomic E-state index is 13.1. The van der Waals surface area contributed by atoms with Gasteiger partial charge in [-0.25, -0.2) is 4.98 Å². The smallest absolute Gasteiger partial charge is 0.282 e. The fourth-order valence-corrected chi connectivity index (χ4v) is 3.64. The first kappa shape index (κ1) is 22.9. The summed E-state index contributed by atoms with van der Waals surface area (Å²) < 4.78 is 13.0. The third-order valence-electron chi connectivity index (χ3n) is 4.50. The number of nitrogens with zero attached hydrogens (tertiary/aromatic N) is 3. The molecule has 0 aliphatic rings. The Hall–Kier alpha value is -2.82. The quantitative estimate of drug-likeness (QED) is 0.319. The molecule has 0 atom stereocenters. The topological polar surface area (TPSA) is 65.7 Å². The van der Waals surface area contributed by atoms with Crippen LogP contribution in [0.15, 0.2) is 44.7 Å². The Morgan fingerprint density at radius 1 is 1.35 bits per heavy atom. The summed E-state index contributed by atoms with van der Waals surface area (Å²) in [6.07, 6.45) is 9.30. The number of aromatic nitrogens is 2. The number of unbranched alkanes of at least 4 members (excludes halogenated alkanes) is 1. The van der Waals surface area contributed by atoms with E-state index in [0.717, 1.165) is 17.3 Å². The summed E-state index contributed by atoms with van der Waals surface area (Å²) in [7, 11) is 1.51. The van der Waals surface area contributed by atoms with E-state index >= 15 is 0 Å². The van der Waals surface area contributed by atoms with Crippen molar-refractivity contribution < 1.29 is 9.47 Å². The first-order chi connectivity index (χ1) is 15.0. The number of fused-ring (bicyclic) bond motifs is 1. The maximum Gasteiger partial charge on any atom is 0.282 e. The second-order valence-electron chi connectivity index (χ2n) is 6.68. The van der Waals surface area contributed by atoms with E-state index in [2.05, 4.69) is 38.9 Å². The molecule has 160 valence electrons. The van der Waals surface area contributed by atoms with E-state index in [1.54, 1.807) is 24.4 Å². The summed E-state index contributed by atoms with van der Waals surface area (Å²) in [5, 5.41) is 5.25. The summed E-state index contributed by atoms with van der Waals surface area (Å²) in [6, 6.07) is 8.82. The Bertz CT molecular complexity index is 1230. The number of aryl methyl sites for hydroxylation is 1. The first-order valence-corrected chi connectivity index (χ1v) is 10.8. The zero-order valence-electron chi connectivity index (χ0n) is 17.2. The van der Waals surface area contributed by atoms with Gasteiger partial charge >= 0.3 is 0 Å². The maximum atomic E-state index is 13.1. The highest BCUT2D eigenvalue weighted by Crippen LogP contribution is 2.36. The lowest BCUT2D eigenvalue weighted by Gasteiger charge is -2.12. The van der Waals surface area contributed by atoms with Gasteiger partial charge in [0.2, 0.25) is 0 Å². The molecule has 0 saturated heterocycles. The first-order valence-electron chi connectivity index (χ1n) is 9.67. The summed E-state index contributed by atoms with van der Waals surface area (Å²) >= 11 is 9.74. The Kier molecular flexibility index (Phi) is 7.72. The van der Waals surface area contributed by atoms with Gasteiger partial charge in [-0.2, -0.15) is 9.78 Å². The van der Waals surface area contributed by atoms with Crippen molar-refractivity contribution in [3.63, 3.8) is 0 Å². The van der Waals surface area contributed by atoms with Crippen LogP contribution in [0.5, 0.6) is 11.5 Å². The molecule has 6 nitrogen and oxygen atoms in total. The van der Waals surface area contributed by atoms with Crippen molar-refractivity contribution in [3.05, 3.63) is 61.6 Å². The zero-order chi connectivity index (χ0) is 22.4. The van der Waals surface area contributed by atoms with Crippen molar-refractivity contribution in [2.45, 2.75) is 26.2 Å². The van der Waals surface area contributed by atoms with Crippen LogP contribution in [0.4, 0.5) is 0 Å². The predicted molar refractivity (Wildman–Crippen MR) is 128 cm³/mol. The number of benzene rings is 2. The van der Waals surface area contributed by atoms with Crippen LogP contribution >= 0.6 is 27.5 Å². The number of terminal acetylenes is 1. The number of methoxy groups -OCH3 is 1. The SMILES string of the molecule is C#CCOc1c(Cl)cc(C=Nn2c(CCCC)nc3ccc(Br)cc3c2=O)cc1OC. The summed E-state index contributed by atoms with van der Waals surface area (Å²) in [4.78, 5) is 17.8.